The van der Waals surface area contributed by atoms with Crippen molar-refractivity contribution in [2.75, 3.05) is 5.75 Å². The summed E-state index contributed by atoms with van der Waals surface area (Å²) in [5.74, 6) is -0.416. The van der Waals surface area contributed by atoms with Crippen LogP contribution >= 0.6 is 8.58 Å². The number of primary sulfonamides is 1. The Kier molecular flexibility index (Phi) is 8.95. The largest absolute Gasteiger partial charge is 0.345 e. The molecule has 2 unspecified atom stereocenters. The summed E-state index contributed by atoms with van der Waals surface area (Å²) < 4.78 is 22.3. The molecule has 0 spiro atoms. The van der Waals surface area contributed by atoms with Gasteiger partial charge >= 0.3 is 0 Å². The quantitative estimate of drug-likeness (QED) is 0.529. The number of hydrogen-bond acceptors (Lipinski definition) is 3. The molecule has 1 amide bonds. The van der Waals surface area contributed by atoms with Crippen molar-refractivity contribution in [2.24, 2.45) is 5.14 Å². The zero-order valence-electron chi connectivity index (χ0n) is 18.6. The second kappa shape index (κ2) is 11.9. The first-order valence-corrected chi connectivity index (χ1v) is 13.5. The third kappa shape index (κ3) is 8.58. The lowest BCUT2D eigenvalue weighted by Crippen LogP contribution is -2.30. The number of nitrogens with two attached hydrogens (primary N) is 1. The van der Waals surface area contributed by atoms with Crippen LogP contribution in [0, 0.1) is 6.92 Å². The minimum Gasteiger partial charge on any atom is -0.345 e. The van der Waals surface area contributed by atoms with Crippen molar-refractivity contribution in [3.05, 3.63) is 113 Å². The van der Waals surface area contributed by atoms with Gasteiger partial charge in [0.1, 0.15) is 0 Å². The molecule has 0 radical (unpaired) electrons. The molecule has 2 aromatic rings. The Labute approximate surface area is 198 Å². The second-order valence-electron chi connectivity index (χ2n) is 7.88. The molecule has 5 nitrogen and oxygen atoms in total. The minimum absolute atomic E-state index is 0.0979. The average molecular weight is 481 g/mol. The average Bonchev–Trinajstić information content (AvgIpc) is 2.74. The summed E-state index contributed by atoms with van der Waals surface area (Å²) in [6.07, 6.45) is 14.6. The standard InChI is InChI=1S/C26H29N2O3PS/c1-20-11-13-21(14-12-20)26(28-25(29)10-7-19-33(27,30)31)22-15-17-24(18-16-22)32-23-8-5-3-2-4-6-9-23/h2-6,8-9,11-18,26,32H,7,10,19H2,1H3,(H,28,29)(H2,27,30,31). The number of carbonyl (C=O) groups excluding carboxylic acids is 1. The Bertz CT molecular complexity index is 1180. The first kappa shape index (κ1) is 24.8. The van der Waals surface area contributed by atoms with Crippen LogP contribution in [-0.2, 0) is 14.8 Å². The van der Waals surface area contributed by atoms with E-state index in [-0.39, 0.29) is 30.5 Å². The van der Waals surface area contributed by atoms with Crippen LogP contribution in [0.1, 0.15) is 35.6 Å². The van der Waals surface area contributed by atoms with Gasteiger partial charge < -0.3 is 5.32 Å². The third-order valence-electron chi connectivity index (χ3n) is 5.08. The number of benzene rings is 2. The maximum Gasteiger partial charge on any atom is 0.220 e. The highest BCUT2D eigenvalue weighted by Gasteiger charge is 2.17. The second-order valence-corrected chi connectivity index (χ2v) is 11.0. The van der Waals surface area contributed by atoms with Gasteiger partial charge in [-0.3, -0.25) is 4.79 Å². The van der Waals surface area contributed by atoms with Gasteiger partial charge in [-0.1, -0.05) is 105 Å². The van der Waals surface area contributed by atoms with Gasteiger partial charge in [-0.05, 0) is 35.1 Å². The monoisotopic (exact) mass is 480 g/mol. The molecule has 3 N–H and O–H groups in total. The molecule has 1 aliphatic rings. The van der Waals surface area contributed by atoms with Crippen molar-refractivity contribution in [1.82, 2.24) is 5.32 Å². The fraction of sp³-hybridized carbons (Fsp3) is 0.192. The van der Waals surface area contributed by atoms with Crippen molar-refractivity contribution in [3.63, 3.8) is 0 Å². The number of aryl methyl sites for hydroxylation is 1. The highest BCUT2D eigenvalue weighted by atomic mass is 32.2. The molecule has 0 aromatic heterocycles. The van der Waals surface area contributed by atoms with Crippen molar-refractivity contribution >= 4 is 29.8 Å². The Hall–Kier alpha value is -2.79. The summed E-state index contributed by atoms with van der Waals surface area (Å²) in [5, 5.41) is 10.5. The van der Waals surface area contributed by atoms with Gasteiger partial charge in [0.2, 0.25) is 15.9 Å². The molecule has 0 bridgehead atoms. The molecule has 172 valence electrons. The van der Waals surface area contributed by atoms with Crippen LogP contribution in [-0.4, -0.2) is 20.1 Å². The Morgan fingerprint density at radius 3 is 2.21 bits per heavy atom. The predicted molar refractivity (Wildman–Crippen MR) is 138 cm³/mol. The Morgan fingerprint density at radius 1 is 0.939 bits per heavy atom. The SMILES string of the molecule is Cc1ccc(C(NC(=O)CCCS(N)(=O)=O)c2ccc(PC3=CC=CC=CC=C3)cc2)cc1. The molecule has 0 saturated heterocycles. The number of rotatable bonds is 9. The molecule has 2 aromatic carbocycles. The lowest BCUT2D eigenvalue weighted by atomic mass is 9.97. The normalized spacial score (nSPS) is 14.7. The molecule has 1 aliphatic carbocycles. The molecule has 0 fully saturated rings. The fourth-order valence-corrected chi connectivity index (χ4v) is 4.93. The van der Waals surface area contributed by atoms with Gasteiger partial charge in [0, 0.05) is 6.42 Å². The van der Waals surface area contributed by atoms with E-state index in [4.69, 9.17) is 5.14 Å². The lowest BCUT2D eigenvalue weighted by molar-refractivity contribution is -0.121. The molecule has 33 heavy (non-hydrogen) atoms. The predicted octanol–water partition coefficient (Wildman–Crippen LogP) is 4.14. The van der Waals surface area contributed by atoms with Crippen molar-refractivity contribution < 1.29 is 13.2 Å². The molecular weight excluding hydrogens is 451 g/mol. The Balaban J connectivity index is 1.75. The molecule has 0 heterocycles. The van der Waals surface area contributed by atoms with Crippen molar-refractivity contribution in [3.8, 4) is 0 Å². The summed E-state index contributed by atoms with van der Waals surface area (Å²) in [5.41, 5.74) is 3.08. The topological polar surface area (TPSA) is 89.3 Å². The van der Waals surface area contributed by atoms with Gasteiger partial charge in [0.25, 0.3) is 0 Å². The van der Waals surface area contributed by atoms with Crippen LogP contribution < -0.4 is 15.8 Å². The zero-order valence-corrected chi connectivity index (χ0v) is 20.4. The lowest BCUT2D eigenvalue weighted by Gasteiger charge is -2.21. The summed E-state index contributed by atoms with van der Waals surface area (Å²) in [6.45, 7) is 2.02. The van der Waals surface area contributed by atoms with Crippen LogP contribution in [0.15, 0.2) is 96.4 Å². The maximum absolute atomic E-state index is 12.6. The summed E-state index contributed by atoms with van der Waals surface area (Å²) in [4.78, 5) is 12.6. The van der Waals surface area contributed by atoms with Crippen LogP contribution in [0.4, 0.5) is 0 Å². The smallest absolute Gasteiger partial charge is 0.220 e. The molecule has 7 heteroatoms. The van der Waals surface area contributed by atoms with E-state index in [1.165, 1.54) is 10.6 Å². The summed E-state index contributed by atoms with van der Waals surface area (Å²) >= 11 is 0. The van der Waals surface area contributed by atoms with E-state index in [0.29, 0.717) is 8.58 Å². The van der Waals surface area contributed by atoms with Gasteiger partial charge in [-0.25, -0.2) is 13.6 Å². The number of hydrogen-bond donors (Lipinski definition) is 2. The van der Waals surface area contributed by atoms with Crippen LogP contribution in [0.3, 0.4) is 0 Å². The summed E-state index contributed by atoms with van der Waals surface area (Å²) in [6, 6.07) is 16.0. The molecule has 0 aliphatic heterocycles. The van der Waals surface area contributed by atoms with E-state index >= 15 is 0 Å². The van der Waals surface area contributed by atoms with Gasteiger partial charge in [0.15, 0.2) is 0 Å². The Morgan fingerprint density at radius 2 is 1.55 bits per heavy atom. The third-order valence-corrected chi connectivity index (χ3v) is 7.18. The highest BCUT2D eigenvalue weighted by molar-refractivity contribution is 7.89. The van der Waals surface area contributed by atoms with E-state index in [1.54, 1.807) is 0 Å². The first-order chi connectivity index (χ1) is 15.8. The highest BCUT2D eigenvalue weighted by Crippen LogP contribution is 2.27. The van der Waals surface area contributed by atoms with Crippen molar-refractivity contribution in [2.45, 2.75) is 25.8 Å². The van der Waals surface area contributed by atoms with E-state index in [2.05, 4.69) is 29.6 Å². The fourth-order valence-electron chi connectivity index (χ4n) is 3.36. The summed E-state index contributed by atoms with van der Waals surface area (Å²) in [7, 11) is -3.05. The number of carbonyl (C=O) groups is 1. The van der Waals surface area contributed by atoms with Gasteiger partial charge in [-0.15, -0.1) is 0 Å². The van der Waals surface area contributed by atoms with Crippen LogP contribution in [0.25, 0.3) is 0 Å². The van der Waals surface area contributed by atoms with Gasteiger partial charge in [-0.2, -0.15) is 0 Å². The van der Waals surface area contributed by atoms with Crippen LogP contribution in [0.5, 0.6) is 0 Å². The first-order valence-electron chi connectivity index (χ1n) is 10.8. The molecule has 0 saturated carbocycles. The molecule has 2 atom stereocenters. The number of amides is 1. The van der Waals surface area contributed by atoms with E-state index < -0.39 is 10.0 Å². The van der Waals surface area contributed by atoms with Crippen molar-refractivity contribution in [1.29, 1.82) is 0 Å². The number of nitrogens with one attached hydrogen (secondary N) is 1. The minimum atomic E-state index is -3.58. The number of sulfonamides is 1. The van der Waals surface area contributed by atoms with E-state index in [1.807, 2.05) is 73.7 Å². The maximum atomic E-state index is 12.6. The molecule has 3 rings (SSSR count). The van der Waals surface area contributed by atoms with Crippen LogP contribution in [0.2, 0.25) is 0 Å². The van der Waals surface area contributed by atoms with E-state index in [0.717, 1.165) is 16.7 Å². The molecular formula is C26H29N2O3PS. The zero-order chi connectivity index (χ0) is 23.7. The van der Waals surface area contributed by atoms with E-state index in [9.17, 15) is 13.2 Å². The number of allylic oxidation sites excluding steroid dienone is 8. The van der Waals surface area contributed by atoms with Gasteiger partial charge in [0.05, 0.1) is 11.8 Å².